The fraction of sp³-hybridized carbons (Fsp3) is 0.0417. The van der Waals surface area contributed by atoms with Gasteiger partial charge in [-0.15, -0.1) is 0 Å². The maximum absolute atomic E-state index is 13.1. The molecule has 1 N–H and O–H groups in total. The summed E-state index contributed by atoms with van der Waals surface area (Å²) in [6, 6.07) is 20.6. The number of amides is 1. The number of nitrogens with zero attached hydrogens (tertiary/aromatic N) is 2. The number of oxazole rings is 1. The molecule has 0 bridgehead atoms. The molecule has 0 saturated carbocycles. The minimum atomic E-state index is -0.219. The number of benzene rings is 3. The van der Waals surface area contributed by atoms with E-state index in [0.29, 0.717) is 34.0 Å². The van der Waals surface area contributed by atoms with Gasteiger partial charge in [0.05, 0.1) is 19.0 Å². The van der Waals surface area contributed by atoms with Gasteiger partial charge in [-0.05, 0) is 35.0 Å². The average molecular weight is 395 g/mol. The number of pyridine rings is 1. The molecule has 0 saturated heterocycles. The van der Waals surface area contributed by atoms with Gasteiger partial charge in [0.1, 0.15) is 11.3 Å². The highest BCUT2D eigenvalue weighted by Crippen LogP contribution is 2.32. The Balaban J connectivity index is 1.53. The first-order valence-corrected chi connectivity index (χ1v) is 9.41. The Hall–Kier alpha value is -4.19. The van der Waals surface area contributed by atoms with Crippen LogP contribution in [0.15, 0.2) is 83.5 Å². The van der Waals surface area contributed by atoms with Crippen molar-refractivity contribution >= 4 is 33.5 Å². The van der Waals surface area contributed by atoms with Gasteiger partial charge in [0.25, 0.3) is 5.91 Å². The van der Waals surface area contributed by atoms with Crippen molar-refractivity contribution in [2.45, 2.75) is 0 Å². The van der Waals surface area contributed by atoms with Crippen molar-refractivity contribution in [2.75, 3.05) is 12.4 Å². The van der Waals surface area contributed by atoms with Gasteiger partial charge in [-0.2, -0.15) is 0 Å². The van der Waals surface area contributed by atoms with E-state index >= 15 is 0 Å². The number of methoxy groups -OCH3 is 1. The van der Waals surface area contributed by atoms with E-state index in [2.05, 4.69) is 15.3 Å². The zero-order chi connectivity index (χ0) is 20.5. The number of fused-ring (bicyclic) bond motifs is 2. The molecule has 0 aliphatic rings. The summed E-state index contributed by atoms with van der Waals surface area (Å²) >= 11 is 0. The fourth-order valence-corrected chi connectivity index (χ4v) is 3.46. The minimum Gasteiger partial charge on any atom is -0.495 e. The third kappa shape index (κ3) is 3.14. The van der Waals surface area contributed by atoms with Gasteiger partial charge < -0.3 is 14.5 Å². The monoisotopic (exact) mass is 395 g/mol. The topological polar surface area (TPSA) is 77.2 Å². The van der Waals surface area contributed by atoms with E-state index in [0.717, 1.165) is 16.3 Å². The smallest absolute Gasteiger partial charge is 0.256 e. The summed E-state index contributed by atoms with van der Waals surface area (Å²) < 4.78 is 11.3. The second kappa shape index (κ2) is 7.33. The van der Waals surface area contributed by atoms with E-state index in [1.807, 2.05) is 48.5 Å². The molecule has 2 heterocycles. The summed E-state index contributed by atoms with van der Waals surface area (Å²) in [7, 11) is 1.56. The molecule has 2 aromatic heterocycles. The molecule has 0 radical (unpaired) electrons. The minimum absolute atomic E-state index is 0.219. The highest BCUT2D eigenvalue weighted by Gasteiger charge is 2.15. The summed E-state index contributed by atoms with van der Waals surface area (Å²) in [5.41, 5.74) is 3.17. The van der Waals surface area contributed by atoms with Crippen molar-refractivity contribution < 1.29 is 13.9 Å². The standard InChI is InChI=1S/C24H17N3O3/c1-29-21-10-9-16(24-27-20-14-25-12-11-22(20)30-24)13-19(21)26-23(28)18-8-4-6-15-5-2-3-7-17(15)18/h2-14H,1H3,(H,26,28). The second-order valence-electron chi connectivity index (χ2n) is 6.76. The number of hydrogen-bond acceptors (Lipinski definition) is 5. The van der Waals surface area contributed by atoms with Crippen LogP contribution in [0.5, 0.6) is 5.75 Å². The predicted octanol–water partition coefficient (Wildman–Crippen LogP) is 5.30. The number of rotatable bonds is 4. The van der Waals surface area contributed by atoms with E-state index in [4.69, 9.17) is 9.15 Å². The number of hydrogen-bond donors (Lipinski definition) is 1. The summed E-state index contributed by atoms with van der Waals surface area (Å²) in [6.45, 7) is 0. The summed E-state index contributed by atoms with van der Waals surface area (Å²) in [5.74, 6) is 0.774. The van der Waals surface area contributed by atoms with Crippen molar-refractivity contribution in [3.63, 3.8) is 0 Å². The molecule has 1 amide bonds. The van der Waals surface area contributed by atoms with Crippen LogP contribution in [0.1, 0.15) is 10.4 Å². The largest absolute Gasteiger partial charge is 0.495 e. The Kier molecular flexibility index (Phi) is 4.37. The van der Waals surface area contributed by atoms with E-state index in [1.54, 1.807) is 37.7 Å². The van der Waals surface area contributed by atoms with Crippen LogP contribution in [0, 0.1) is 0 Å². The first-order valence-electron chi connectivity index (χ1n) is 9.41. The number of carbonyl (C=O) groups excluding carboxylic acids is 1. The van der Waals surface area contributed by atoms with Gasteiger partial charge in [-0.3, -0.25) is 9.78 Å². The zero-order valence-corrected chi connectivity index (χ0v) is 16.1. The quantitative estimate of drug-likeness (QED) is 0.447. The van der Waals surface area contributed by atoms with E-state index in [9.17, 15) is 4.79 Å². The lowest BCUT2D eigenvalue weighted by atomic mass is 10.0. The molecule has 0 aliphatic heterocycles. The van der Waals surface area contributed by atoms with Crippen molar-refractivity contribution in [1.82, 2.24) is 9.97 Å². The highest BCUT2D eigenvalue weighted by molar-refractivity contribution is 6.13. The van der Waals surface area contributed by atoms with Gasteiger partial charge in [0.15, 0.2) is 5.58 Å². The molecule has 6 heteroatoms. The van der Waals surface area contributed by atoms with Crippen LogP contribution >= 0.6 is 0 Å². The maximum Gasteiger partial charge on any atom is 0.256 e. The number of carbonyl (C=O) groups is 1. The van der Waals surface area contributed by atoms with Crippen LogP contribution in [0.3, 0.4) is 0 Å². The van der Waals surface area contributed by atoms with Crippen LogP contribution < -0.4 is 10.1 Å². The number of ether oxygens (including phenoxy) is 1. The van der Waals surface area contributed by atoms with Crippen molar-refractivity contribution in [1.29, 1.82) is 0 Å². The third-order valence-corrected chi connectivity index (χ3v) is 4.92. The Bertz CT molecular complexity index is 1350. The lowest BCUT2D eigenvalue weighted by Crippen LogP contribution is -2.13. The Morgan fingerprint density at radius 2 is 1.90 bits per heavy atom. The molecule has 0 atom stereocenters. The molecule has 3 aromatic carbocycles. The highest BCUT2D eigenvalue weighted by atomic mass is 16.5. The Morgan fingerprint density at radius 3 is 2.77 bits per heavy atom. The van der Waals surface area contributed by atoms with E-state index in [1.165, 1.54) is 0 Å². The predicted molar refractivity (Wildman–Crippen MR) is 116 cm³/mol. The van der Waals surface area contributed by atoms with Crippen LogP contribution in [0.2, 0.25) is 0 Å². The summed E-state index contributed by atoms with van der Waals surface area (Å²) in [4.78, 5) is 21.6. The first-order chi connectivity index (χ1) is 14.7. The van der Waals surface area contributed by atoms with Gasteiger partial charge in [0, 0.05) is 23.4 Å². The molecule has 5 rings (SSSR count). The molecule has 0 unspecified atom stereocenters. The third-order valence-electron chi connectivity index (χ3n) is 4.92. The van der Waals surface area contributed by atoms with Crippen LogP contribution in [0.25, 0.3) is 33.3 Å². The van der Waals surface area contributed by atoms with Crippen LogP contribution in [-0.2, 0) is 0 Å². The zero-order valence-electron chi connectivity index (χ0n) is 16.1. The number of anilines is 1. The Morgan fingerprint density at radius 1 is 1.03 bits per heavy atom. The van der Waals surface area contributed by atoms with E-state index in [-0.39, 0.29) is 5.91 Å². The molecule has 0 spiro atoms. The van der Waals surface area contributed by atoms with Gasteiger partial charge in [-0.1, -0.05) is 36.4 Å². The van der Waals surface area contributed by atoms with E-state index < -0.39 is 0 Å². The second-order valence-corrected chi connectivity index (χ2v) is 6.76. The SMILES string of the molecule is COc1ccc(-c2nc3cnccc3o2)cc1NC(=O)c1cccc2ccccc12. The molecule has 30 heavy (non-hydrogen) atoms. The molecule has 0 aliphatic carbocycles. The molecular weight excluding hydrogens is 378 g/mol. The first kappa shape index (κ1) is 17.9. The lowest BCUT2D eigenvalue weighted by Gasteiger charge is -2.12. The summed E-state index contributed by atoms with van der Waals surface area (Å²) in [6.07, 6.45) is 3.30. The van der Waals surface area contributed by atoms with Crippen molar-refractivity contribution in [3.8, 4) is 17.2 Å². The number of nitrogens with one attached hydrogen (secondary N) is 1. The molecule has 0 fully saturated rings. The number of aromatic nitrogens is 2. The normalized spacial score (nSPS) is 11.0. The molecular formula is C24H17N3O3. The lowest BCUT2D eigenvalue weighted by molar-refractivity contribution is 0.102. The maximum atomic E-state index is 13.1. The molecule has 146 valence electrons. The fourth-order valence-electron chi connectivity index (χ4n) is 3.46. The molecule has 6 nitrogen and oxygen atoms in total. The average Bonchev–Trinajstić information content (AvgIpc) is 3.23. The summed E-state index contributed by atoms with van der Waals surface area (Å²) in [5, 5.41) is 4.86. The van der Waals surface area contributed by atoms with Crippen LogP contribution in [0.4, 0.5) is 5.69 Å². The van der Waals surface area contributed by atoms with Gasteiger partial charge in [-0.25, -0.2) is 4.98 Å². The molecule has 5 aromatic rings. The van der Waals surface area contributed by atoms with Crippen LogP contribution in [-0.4, -0.2) is 23.0 Å². The van der Waals surface area contributed by atoms with Gasteiger partial charge in [0.2, 0.25) is 5.89 Å². The van der Waals surface area contributed by atoms with Crippen molar-refractivity contribution in [3.05, 3.63) is 84.7 Å². The Labute approximate surface area is 172 Å². The van der Waals surface area contributed by atoms with Gasteiger partial charge >= 0.3 is 0 Å². The van der Waals surface area contributed by atoms with Crippen molar-refractivity contribution in [2.24, 2.45) is 0 Å².